The molecule has 10 heterocycles. The molecule has 4 aromatic heterocycles. The van der Waals surface area contributed by atoms with Gasteiger partial charge in [0.2, 0.25) is 23.6 Å². The van der Waals surface area contributed by atoms with E-state index >= 15 is 0 Å². The predicted molar refractivity (Wildman–Crippen MR) is 439 cm³/mol. The Kier molecular flexibility index (Phi) is 45.5. The Hall–Kier alpha value is -5.93. The Morgan fingerprint density at radius 1 is 0.468 bits per heavy atom. The highest BCUT2D eigenvalue weighted by Gasteiger charge is 2.61. The summed E-state index contributed by atoms with van der Waals surface area (Å²) in [6.45, 7) is 9.99. The molecule has 6 fully saturated rings. The number of fused-ring (bicyclic) bond motifs is 6. The molecule has 0 radical (unpaired) electrons. The summed E-state index contributed by atoms with van der Waals surface area (Å²) in [5.41, 5.74) is -3.42. The number of hydrogen-bond acceptors (Lipinski definition) is 40. The van der Waals surface area contributed by atoms with E-state index in [-0.39, 0.29) is 149 Å². The van der Waals surface area contributed by atoms with Crippen LogP contribution in [0.4, 0.5) is 0 Å². The number of nitrogens with zero attached hydrogens (tertiary/aromatic N) is 10. The van der Waals surface area contributed by atoms with E-state index in [9.17, 15) is 49.8 Å². The second-order valence-electron chi connectivity index (χ2n) is 31.2. The molecule has 14 atom stereocenters. The summed E-state index contributed by atoms with van der Waals surface area (Å²) in [7, 11) is 3.41. The number of amides is 4. The van der Waals surface area contributed by atoms with Gasteiger partial charge < -0.3 is 151 Å². The lowest BCUT2D eigenvalue weighted by atomic mass is 9.88. The maximum absolute atomic E-state index is 14.3. The summed E-state index contributed by atoms with van der Waals surface area (Å²) < 4.78 is 127. The van der Waals surface area contributed by atoms with Crippen molar-refractivity contribution in [3.05, 3.63) is 60.1 Å². The lowest BCUT2D eigenvalue weighted by Gasteiger charge is -2.42. The number of ether oxygens (including phenoxy) is 21. The number of aromatic nitrogens is 10. The number of aliphatic hydroxyl groups excluding tert-OH is 6. The first-order valence-corrected chi connectivity index (χ1v) is 45.3. The van der Waals surface area contributed by atoms with Gasteiger partial charge in [-0.15, -0.1) is 15.3 Å². The molecule has 0 saturated carbocycles. The summed E-state index contributed by atoms with van der Waals surface area (Å²) in [5.74, 6) is -0.0950. The van der Waals surface area contributed by atoms with Crippen LogP contribution < -0.4 is 21.3 Å². The van der Waals surface area contributed by atoms with Crippen LogP contribution in [-0.4, -0.2) is 405 Å². The molecule has 4 amide bonds. The van der Waals surface area contributed by atoms with Crippen molar-refractivity contribution in [3.8, 4) is 0 Å². The molecular formula is C79H128N14O31S2. The summed E-state index contributed by atoms with van der Waals surface area (Å²) >= 11 is 0. The van der Waals surface area contributed by atoms with Gasteiger partial charge in [0.05, 0.1) is 262 Å². The standard InChI is InChI=1S/C79H128N14O31S2/c1-57(94)82-67-69(99)72(102)78(55-120-74(67)123-78)52-114-38-35-111-32-29-108-26-23-105-20-17-92-43-60(86-89-92)46-117-49-76(84-64(98)12-5-3-8-14-80-63(97)11-6-4-10-40-125-126-65-13-7-9-15-81-65,48-116-45-59-42-91(88-85-59)16-19-104-22-25-107-28-31-110-34-37-113-51-77-54-119-66(122-77)41-62(96)71(77)101)50-118-47-61-44-93(90-87-61)18-21-106-24-27-109-30-33-112-36-39-115-53-79-56-121-75(124-79)68(83-58(2)95)70(100)73(79)103/h7,9,13,15,42-44,62,66-75,96,99-103H,3-6,8,10-12,14,16-41,45-56H2,1-2H3,(H,80,97)(H,82,94)(H,83,95)(H,84,98)/t62-,66+,67-,68-,69-,70-,71-,72-,73-,74+,75+,77+,78+,79+/m1/s1. The number of unbranched alkanes of at least 4 members (excludes halogenated alkanes) is 4. The molecule has 0 aromatic carbocycles. The third-order valence-corrected chi connectivity index (χ3v) is 23.2. The quantitative estimate of drug-likeness (QED) is 0.0161. The van der Waals surface area contributed by atoms with Crippen LogP contribution in [0.5, 0.6) is 0 Å². The molecule has 6 bridgehead atoms. The smallest absolute Gasteiger partial charge is 0.220 e. The predicted octanol–water partition coefficient (Wildman–Crippen LogP) is -2.52. The van der Waals surface area contributed by atoms with Crippen LogP contribution in [0.1, 0.15) is 88.7 Å². The highest BCUT2D eigenvalue weighted by Crippen LogP contribution is 2.40. The molecule has 6 aliphatic heterocycles. The van der Waals surface area contributed by atoms with Gasteiger partial charge in [0, 0.05) is 51.6 Å². The average Bonchev–Trinajstić information content (AvgIpc) is 1.60. The van der Waals surface area contributed by atoms with E-state index in [2.05, 4.69) is 57.2 Å². The van der Waals surface area contributed by atoms with E-state index in [4.69, 9.17) is 99.5 Å². The fraction of sp³-hybridized carbons (Fsp3) is 0.810. The molecule has 47 heteroatoms. The number of hydrogen-bond donors (Lipinski definition) is 10. The largest absolute Gasteiger partial charge is 0.390 e. The highest BCUT2D eigenvalue weighted by atomic mass is 33.1. The van der Waals surface area contributed by atoms with E-state index in [1.807, 2.05) is 18.2 Å². The molecule has 126 heavy (non-hydrogen) atoms. The Bertz CT molecular complexity index is 3580. The van der Waals surface area contributed by atoms with Gasteiger partial charge in [-0.05, 0) is 48.6 Å². The molecule has 6 aliphatic rings. The van der Waals surface area contributed by atoms with Gasteiger partial charge in [-0.1, -0.05) is 45.3 Å². The number of nitrogens with one attached hydrogen (secondary N) is 4. The van der Waals surface area contributed by atoms with Gasteiger partial charge in [-0.2, -0.15) is 0 Å². The number of carbonyl (C=O) groups is 4. The van der Waals surface area contributed by atoms with Crippen molar-refractivity contribution < 1.29 is 149 Å². The van der Waals surface area contributed by atoms with Gasteiger partial charge in [-0.3, -0.25) is 19.2 Å². The van der Waals surface area contributed by atoms with Crippen LogP contribution in [0.25, 0.3) is 0 Å². The molecule has 6 saturated heterocycles. The third-order valence-electron chi connectivity index (χ3n) is 20.8. The van der Waals surface area contributed by atoms with Crippen LogP contribution >= 0.6 is 21.6 Å². The topological polar surface area (TPSA) is 537 Å². The molecule has 0 spiro atoms. The maximum Gasteiger partial charge on any atom is 0.220 e. The Morgan fingerprint density at radius 2 is 0.865 bits per heavy atom. The molecule has 10 N–H and O–H groups in total. The SMILES string of the molecule is CC(=O)N[C@H]1[C@H]2OC[C@](COCCOCCOCCOCCn3cc(COCC(COCc4cn(CCOCCOCCOCCOC[C@@]56CO[C@@H](O5)[C@H](NC(C)=O)[C@@H](O)[C@H]6O)nn4)(COCc4cn(CCOCCOCCOCCOC[C@]56CO[C@H](C[C@@H](O)[C@H]5O)O6)nn4)NC(=O)CCCCCNC(=O)CCCCCSSc4ccccn4)nn3)(O2)[C@H](O)[C@@H]1O. The lowest BCUT2D eigenvalue weighted by Crippen LogP contribution is -2.66. The zero-order valence-corrected chi connectivity index (χ0v) is 73.4. The molecule has 45 nitrogen and oxygen atoms in total. The van der Waals surface area contributed by atoms with E-state index in [0.29, 0.717) is 175 Å². The minimum absolute atomic E-state index is 0.00130. The van der Waals surface area contributed by atoms with Crippen molar-refractivity contribution in [2.75, 3.05) is 211 Å². The summed E-state index contributed by atoms with van der Waals surface area (Å²) in [6, 6.07) is 4.03. The van der Waals surface area contributed by atoms with Crippen molar-refractivity contribution in [2.45, 2.75) is 206 Å². The number of pyridine rings is 1. The highest BCUT2D eigenvalue weighted by molar-refractivity contribution is 8.76. The monoisotopic (exact) mass is 1830 g/mol. The first kappa shape index (κ1) is 102. The summed E-state index contributed by atoms with van der Waals surface area (Å²) in [5, 5.41) is 102. The normalized spacial score (nSPS) is 25.3. The second kappa shape index (κ2) is 56.1. The van der Waals surface area contributed by atoms with Crippen molar-refractivity contribution in [1.82, 2.24) is 71.2 Å². The van der Waals surface area contributed by atoms with E-state index in [0.717, 1.165) is 30.0 Å². The molecule has 712 valence electrons. The van der Waals surface area contributed by atoms with Crippen LogP contribution in [0.3, 0.4) is 0 Å². The summed E-state index contributed by atoms with van der Waals surface area (Å²) in [4.78, 5) is 54.6. The first-order chi connectivity index (χ1) is 61.3. The van der Waals surface area contributed by atoms with E-state index in [1.54, 1.807) is 60.4 Å². The van der Waals surface area contributed by atoms with Gasteiger partial charge in [-0.25, -0.2) is 19.0 Å². The minimum atomic E-state index is -1.34. The first-order valence-electron chi connectivity index (χ1n) is 43.0. The Balaban J connectivity index is 0.650. The number of rotatable bonds is 71. The Morgan fingerprint density at radius 3 is 1.29 bits per heavy atom. The second-order valence-corrected chi connectivity index (χ2v) is 33.6. The van der Waals surface area contributed by atoms with Crippen LogP contribution in [-0.2, 0) is 158 Å². The number of aliphatic hydroxyl groups is 6. The zero-order chi connectivity index (χ0) is 88.9. The van der Waals surface area contributed by atoms with Crippen LogP contribution in [0.2, 0.25) is 0 Å². The zero-order valence-electron chi connectivity index (χ0n) is 71.8. The van der Waals surface area contributed by atoms with Crippen molar-refractivity contribution in [2.24, 2.45) is 0 Å². The van der Waals surface area contributed by atoms with Gasteiger partial charge >= 0.3 is 0 Å². The maximum atomic E-state index is 14.3. The molecule has 10 rings (SSSR count). The molecule has 0 aliphatic carbocycles. The third kappa shape index (κ3) is 34.7. The average molecular weight is 1830 g/mol. The fourth-order valence-electron chi connectivity index (χ4n) is 14.2. The lowest BCUT2D eigenvalue weighted by molar-refractivity contribution is -0.238. The molecule has 0 unspecified atom stereocenters. The number of carbonyl (C=O) groups excluding carboxylic acids is 4. The van der Waals surface area contributed by atoms with E-state index in [1.165, 1.54) is 13.8 Å². The molecule has 4 aromatic rings. The van der Waals surface area contributed by atoms with Gasteiger partial charge in [0.1, 0.15) is 87.1 Å². The minimum Gasteiger partial charge on any atom is -0.390 e. The van der Waals surface area contributed by atoms with E-state index < -0.39 is 89.9 Å². The summed E-state index contributed by atoms with van der Waals surface area (Å²) in [6.07, 6.45) is 2.71. The van der Waals surface area contributed by atoms with Crippen molar-refractivity contribution >= 4 is 45.2 Å². The fourth-order valence-corrected chi connectivity index (χ4v) is 16.2. The Labute approximate surface area is 739 Å². The van der Waals surface area contributed by atoms with Crippen molar-refractivity contribution in [3.63, 3.8) is 0 Å². The van der Waals surface area contributed by atoms with Crippen LogP contribution in [0, 0.1) is 0 Å². The van der Waals surface area contributed by atoms with Crippen molar-refractivity contribution in [1.29, 1.82) is 0 Å². The van der Waals surface area contributed by atoms with Gasteiger partial charge in [0.15, 0.2) is 18.9 Å². The van der Waals surface area contributed by atoms with Crippen LogP contribution in [0.15, 0.2) is 48.0 Å². The molecular weight excluding hydrogens is 1710 g/mol. The van der Waals surface area contributed by atoms with Gasteiger partial charge in [0.25, 0.3) is 0 Å².